The molecule has 0 amide bonds. The number of para-hydroxylation sites is 1. The van der Waals surface area contributed by atoms with Crippen molar-refractivity contribution in [3.63, 3.8) is 0 Å². The summed E-state index contributed by atoms with van der Waals surface area (Å²) in [5.74, 6) is -0.812. The van der Waals surface area contributed by atoms with Crippen molar-refractivity contribution in [3.05, 3.63) is 24.0 Å². The molecule has 2 rings (SSSR count). The van der Waals surface area contributed by atoms with Crippen LogP contribution in [0.2, 0.25) is 0 Å². The van der Waals surface area contributed by atoms with E-state index in [2.05, 4.69) is 0 Å². The second-order valence-electron chi connectivity index (χ2n) is 2.99. The maximum atomic E-state index is 11.0. The van der Waals surface area contributed by atoms with E-state index in [1.807, 2.05) is 0 Å². The molecule has 0 aliphatic rings. The van der Waals surface area contributed by atoms with Crippen molar-refractivity contribution in [2.24, 2.45) is 0 Å². The maximum Gasteiger partial charge on any atom is 0.212 e. The Kier molecular flexibility index (Phi) is 1.70. The molecule has 0 bridgehead atoms. The van der Waals surface area contributed by atoms with E-state index in [0.29, 0.717) is 5.39 Å². The Balaban J connectivity index is 2.86. The highest BCUT2D eigenvalue weighted by molar-refractivity contribution is 6.02. The minimum absolute atomic E-state index is 0.0923. The van der Waals surface area contributed by atoms with Crippen LogP contribution in [0.5, 0.6) is 11.5 Å². The van der Waals surface area contributed by atoms with Gasteiger partial charge in [-0.1, -0.05) is 6.07 Å². The molecule has 0 fully saturated rings. The Morgan fingerprint density at radius 1 is 1.36 bits per heavy atom. The van der Waals surface area contributed by atoms with Gasteiger partial charge in [0.15, 0.2) is 22.9 Å². The molecule has 1 aromatic carbocycles. The molecular weight excluding hydrogens is 184 g/mol. The lowest BCUT2D eigenvalue weighted by Gasteiger charge is -1.90. The molecule has 2 aromatic rings. The number of fused-ring (bicyclic) bond motifs is 1. The largest absolute Gasteiger partial charge is 0.504 e. The second kappa shape index (κ2) is 2.77. The molecule has 0 radical (unpaired) electrons. The van der Waals surface area contributed by atoms with Gasteiger partial charge in [0.2, 0.25) is 5.76 Å². The number of rotatable bonds is 1. The van der Waals surface area contributed by atoms with Crippen LogP contribution >= 0.6 is 0 Å². The van der Waals surface area contributed by atoms with Crippen LogP contribution in [0.3, 0.4) is 0 Å². The lowest BCUT2D eigenvalue weighted by atomic mass is 10.2. The molecule has 1 aromatic heterocycles. The van der Waals surface area contributed by atoms with Gasteiger partial charge >= 0.3 is 0 Å². The Hall–Kier alpha value is -1.97. The molecule has 4 heteroatoms. The predicted molar refractivity (Wildman–Crippen MR) is 49.5 cm³/mol. The molecule has 2 N–H and O–H groups in total. The summed E-state index contributed by atoms with van der Waals surface area (Å²) in [6.07, 6.45) is 0. The third-order valence-electron chi connectivity index (χ3n) is 1.99. The summed E-state index contributed by atoms with van der Waals surface area (Å²) in [6.45, 7) is 1.29. The summed E-state index contributed by atoms with van der Waals surface area (Å²) < 4.78 is 5.04. The van der Waals surface area contributed by atoms with Crippen LogP contribution in [0.25, 0.3) is 11.0 Å². The van der Waals surface area contributed by atoms with Gasteiger partial charge in [-0.25, -0.2) is 0 Å². The number of phenolic OH excluding ortho intramolecular Hbond substituents is 1. The van der Waals surface area contributed by atoms with Crippen LogP contribution in [0.1, 0.15) is 17.5 Å². The molecule has 0 saturated heterocycles. The Morgan fingerprint density at radius 2 is 2.07 bits per heavy atom. The molecule has 0 saturated carbocycles. The number of carbonyl (C=O) groups excluding carboxylic acids is 1. The van der Waals surface area contributed by atoms with Gasteiger partial charge in [-0.2, -0.15) is 0 Å². The molecule has 0 atom stereocenters. The van der Waals surface area contributed by atoms with Crippen LogP contribution < -0.4 is 0 Å². The van der Waals surface area contributed by atoms with Crippen molar-refractivity contribution >= 4 is 16.8 Å². The first-order valence-electron chi connectivity index (χ1n) is 4.05. The maximum absolute atomic E-state index is 11.0. The Morgan fingerprint density at radius 3 is 2.64 bits per heavy atom. The van der Waals surface area contributed by atoms with E-state index in [0.717, 1.165) is 0 Å². The number of ketones is 1. The molecule has 72 valence electrons. The fraction of sp³-hybridized carbons (Fsp3) is 0.100. The van der Waals surface area contributed by atoms with E-state index in [1.54, 1.807) is 12.1 Å². The smallest absolute Gasteiger partial charge is 0.212 e. The minimum Gasteiger partial charge on any atom is -0.504 e. The van der Waals surface area contributed by atoms with Gasteiger partial charge in [-0.15, -0.1) is 0 Å². The summed E-state index contributed by atoms with van der Waals surface area (Å²) in [7, 11) is 0. The number of carbonyl (C=O) groups is 1. The monoisotopic (exact) mass is 192 g/mol. The third-order valence-corrected chi connectivity index (χ3v) is 1.99. The van der Waals surface area contributed by atoms with Crippen molar-refractivity contribution < 1.29 is 19.4 Å². The fourth-order valence-electron chi connectivity index (χ4n) is 1.33. The lowest BCUT2D eigenvalue weighted by molar-refractivity contribution is 0.0985. The van der Waals surface area contributed by atoms with E-state index in [4.69, 9.17) is 4.42 Å². The highest BCUT2D eigenvalue weighted by atomic mass is 16.4. The van der Waals surface area contributed by atoms with Crippen LogP contribution in [0.15, 0.2) is 22.6 Å². The van der Waals surface area contributed by atoms with Crippen molar-refractivity contribution in [2.45, 2.75) is 6.92 Å². The average Bonchev–Trinajstić information content (AvgIpc) is 2.46. The Labute approximate surface area is 79.4 Å². The van der Waals surface area contributed by atoms with Crippen molar-refractivity contribution in [1.82, 2.24) is 0 Å². The molecule has 4 nitrogen and oxygen atoms in total. The van der Waals surface area contributed by atoms with Crippen molar-refractivity contribution in [1.29, 1.82) is 0 Å². The summed E-state index contributed by atoms with van der Waals surface area (Å²) >= 11 is 0. The van der Waals surface area contributed by atoms with Crippen LogP contribution in [0, 0.1) is 0 Å². The summed E-state index contributed by atoms with van der Waals surface area (Å²) in [5.41, 5.74) is 0.134. The van der Waals surface area contributed by atoms with E-state index in [9.17, 15) is 15.0 Å². The average molecular weight is 192 g/mol. The van der Waals surface area contributed by atoms with Gasteiger partial charge in [-0.3, -0.25) is 4.79 Å². The lowest BCUT2D eigenvalue weighted by Crippen LogP contribution is -1.87. The van der Waals surface area contributed by atoms with Gasteiger partial charge in [-0.05, 0) is 12.1 Å². The first kappa shape index (κ1) is 8.62. The molecule has 0 unspecified atom stereocenters. The molecular formula is C10H8O4. The first-order valence-corrected chi connectivity index (χ1v) is 4.05. The number of Topliss-reactive ketones (excluding diaryl/α,β-unsaturated/α-hetero) is 1. The number of hydrogen-bond acceptors (Lipinski definition) is 4. The van der Waals surface area contributed by atoms with Crippen molar-refractivity contribution in [3.8, 4) is 11.5 Å². The van der Waals surface area contributed by atoms with Crippen LogP contribution in [0.4, 0.5) is 0 Å². The molecule has 0 aliphatic heterocycles. The fourth-order valence-corrected chi connectivity index (χ4v) is 1.33. The summed E-state index contributed by atoms with van der Waals surface area (Å²) in [6, 6.07) is 4.56. The van der Waals surface area contributed by atoms with Crippen LogP contribution in [-0.2, 0) is 0 Å². The van der Waals surface area contributed by atoms with Gasteiger partial charge in [0.05, 0.1) is 5.39 Å². The van der Waals surface area contributed by atoms with Gasteiger partial charge in [0, 0.05) is 6.92 Å². The van der Waals surface area contributed by atoms with Crippen LogP contribution in [-0.4, -0.2) is 16.0 Å². The normalized spacial score (nSPS) is 10.6. The SMILES string of the molecule is CC(=O)c1oc2c(O)cccc2c1O. The minimum atomic E-state index is -0.377. The number of aromatic hydroxyl groups is 2. The molecule has 1 heterocycles. The standard InChI is InChI=1S/C10H8O4/c1-5(11)9-8(13)6-3-2-4-7(12)10(6)14-9/h2-4,12-13H,1H3. The topological polar surface area (TPSA) is 70.7 Å². The highest BCUT2D eigenvalue weighted by Crippen LogP contribution is 2.36. The third kappa shape index (κ3) is 1.04. The van der Waals surface area contributed by atoms with E-state index in [1.165, 1.54) is 13.0 Å². The zero-order chi connectivity index (χ0) is 10.3. The van der Waals surface area contributed by atoms with E-state index < -0.39 is 0 Å². The van der Waals surface area contributed by atoms with Crippen molar-refractivity contribution in [2.75, 3.05) is 0 Å². The quantitative estimate of drug-likeness (QED) is 0.678. The summed E-state index contributed by atoms with van der Waals surface area (Å²) in [4.78, 5) is 11.0. The highest BCUT2D eigenvalue weighted by Gasteiger charge is 2.18. The zero-order valence-corrected chi connectivity index (χ0v) is 7.44. The van der Waals surface area contributed by atoms with Gasteiger partial charge in [0.25, 0.3) is 0 Å². The second-order valence-corrected chi connectivity index (χ2v) is 2.99. The number of benzene rings is 1. The molecule has 0 aliphatic carbocycles. The number of hydrogen-bond donors (Lipinski definition) is 2. The predicted octanol–water partition coefficient (Wildman–Crippen LogP) is 2.05. The summed E-state index contributed by atoms with van der Waals surface area (Å²) in [5, 5.41) is 19.3. The van der Waals surface area contributed by atoms with Gasteiger partial charge < -0.3 is 14.6 Å². The van der Waals surface area contributed by atoms with E-state index >= 15 is 0 Å². The number of phenols is 1. The van der Waals surface area contributed by atoms with Gasteiger partial charge in [0.1, 0.15) is 0 Å². The Bertz CT molecular complexity index is 510. The zero-order valence-electron chi connectivity index (χ0n) is 7.44. The first-order chi connectivity index (χ1) is 6.61. The molecule has 0 spiro atoms. The number of furan rings is 1. The van der Waals surface area contributed by atoms with E-state index in [-0.39, 0.29) is 28.6 Å². The molecule has 14 heavy (non-hydrogen) atoms.